The Kier molecular flexibility index (Phi) is 4.61. The van der Waals surface area contributed by atoms with Crippen molar-refractivity contribution in [1.82, 2.24) is 15.4 Å². The second-order valence-corrected chi connectivity index (χ2v) is 7.48. The molecular formula is C21H21N5O4. The van der Waals surface area contributed by atoms with Gasteiger partial charge in [-0.15, -0.1) is 10.2 Å². The molecule has 2 aliphatic heterocycles. The molecular weight excluding hydrogens is 386 g/mol. The molecule has 0 aliphatic carbocycles. The van der Waals surface area contributed by atoms with Gasteiger partial charge in [0.05, 0.1) is 12.1 Å². The van der Waals surface area contributed by atoms with Crippen LogP contribution in [0.15, 0.2) is 52.7 Å². The van der Waals surface area contributed by atoms with E-state index in [2.05, 4.69) is 21.1 Å². The zero-order valence-electron chi connectivity index (χ0n) is 16.3. The lowest BCUT2D eigenvalue weighted by atomic mass is 10.1. The van der Waals surface area contributed by atoms with Crippen LogP contribution in [-0.2, 0) is 11.3 Å². The Morgan fingerprint density at radius 2 is 2.03 bits per heavy atom. The van der Waals surface area contributed by atoms with E-state index in [0.29, 0.717) is 24.5 Å². The molecule has 3 aromatic rings. The first kappa shape index (κ1) is 18.6. The maximum absolute atomic E-state index is 12.3. The summed E-state index contributed by atoms with van der Waals surface area (Å²) >= 11 is 0. The van der Waals surface area contributed by atoms with Crippen molar-refractivity contribution in [1.29, 1.82) is 0 Å². The Morgan fingerprint density at radius 1 is 1.20 bits per heavy atom. The van der Waals surface area contributed by atoms with Crippen molar-refractivity contribution in [2.45, 2.75) is 32.0 Å². The number of azo groups is 1. The number of hydrogen-bond donors (Lipinski definition) is 3. The number of ether oxygens (including phenoxy) is 2. The Labute approximate surface area is 172 Å². The lowest BCUT2D eigenvalue weighted by Crippen LogP contribution is -2.36. The summed E-state index contributed by atoms with van der Waals surface area (Å²) < 4.78 is 12.5. The third kappa shape index (κ3) is 3.27. The number of benzene rings is 2. The van der Waals surface area contributed by atoms with Gasteiger partial charge in [-0.05, 0) is 37.1 Å². The number of amides is 1. The van der Waals surface area contributed by atoms with E-state index in [-0.39, 0.29) is 30.3 Å². The minimum Gasteiger partial charge on any atom is -0.493 e. The number of nitrogens with one attached hydrogen (secondary N) is 2. The molecule has 2 unspecified atom stereocenters. The van der Waals surface area contributed by atoms with Crippen molar-refractivity contribution < 1.29 is 19.4 Å². The van der Waals surface area contributed by atoms with Gasteiger partial charge in [-0.25, -0.2) is 5.43 Å². The SMILES string of the molecule is CC1CC(C(=O)N=Nc2c(O)n(Cc3ccc4c(c3)OCO4)c3ccccc23)NN1. The van der Waals surface area contributed by atoms with Crippen LogP contribution in [0.5, 0.6) is 17.4 Å². The highest BCUT2D eigenvalue weighted by Crippen LogP contribution is 2.40. The highest BCUT2D eigenvalue weighted by atomic mass is 16.7. The van der Waals surface area contributed by atoms with Crippen LogP contribution in [0.3, 0.4) is 0 Å². The first-order valence-electron chi connectivity index (χ1n) is 9.75. The largest absolute Gasteiger partial charge is 0.493 e. The van der Waals surface area contributed by atoms with Crippen molar-refractivity contribution >= 4 is 22.5 Å². The molecule has 1 saturated heterocycles. The fraction of sp³-hybridized carbons (Fsp3) is 0.286. The van der Waals surface area contributed by atoms with E-state index >= 15 is 0 Å². The van der Waals surface area contributed by atoms with Gasteiger partial charge < -0.3 is 19.1 Å². The predicted molar refractivity (Wildman–Crippen MR) is 109 cm³/mol. The van der Waals surface area contributed by atoms with Crippen LogP contribution in [0.25, 0.3) is 10.9 Å². The maximum atomic E-state index is 12.3. The van der Waals surface area contributed by atoms with E-state index in [1.807, 2.05) is 49.4 Å². The van der Waals surface area contributed by atoms with E-state index < -0.39 is 6.04 Å². The Bertz CT molecular complexity index is 1160. The van der Waals surface area contributed by atoms with Crippen molar-refractivity contribution in [3.8, 4) is 17.4 Å². The van der Waals surface area contributed by atoms with Crippen molar-refractivity contribution in [3.05, 3.63) is 48.0 Å². The van der Waals surface area contributed by atoms with Gasteiger partial charge in [-0.3, -0.25) is 10.2 Å². The second-order valence-electron chi connectivity index (χ2n) is 7.48. The molecule has 9 heteroatoms. The van der Waals surface area contributed by atoms with E-state index in [9.17, 15) is 9.90 Å². The quantitative estimate of drug-likeness (QED) is 0.574. The minimum atomic E-state index is -0.423. The van der Waals surface area contributed by atoms with E-state index in [1.165, 1.54) is 0 Å². The van der Waals surface area contributed by atoms with Crippen molar-refractivity contribution in [2.24, 2.45) is 10.2 Å². The molecule has 0 spiro atoms. The number of aromatic hydroxyl groups is 1. The third-order valence-corrected chi connectivity index (χ3v) is 5.33. The van der Waals surface area contributed by atoms with Gasteiger partial charge in [-0.1, -0.05) is 24.3 Å². The van der Waals surface area contributed by atoms with Crippen LogP contribution >= 0.6 is 0 Å². The molecule has 5 rings (SSSR count). The molecule has 1 aromatic heterocycles. The molecule has 0 saturated carbocycles. The van der Waals surface area contributed by atoms with Crippen LogP contribution in [-0.4, -0.2) is 34.5 Å². The maximum Gasteiger partial charge on any atom is 0.282 e. The van der Waals surface area contributed by atoms with Crippen LogP contribution in [0.2, 0.25) is 0 Å². The van der Waals surface area contributed by atoms with E-state index in [4.69, 9.17) is 9.47 Å². The topological polar surface area (TPSA) is 109 Å². The van der Waals surface area contributed by atoms with Crippen LogP contribution in [0.1, 0.15) is 18.9 Å². The number of carbonyl (C=O) groups is 1. The lowest BCUT2D eigenvalue weighted by molar-refractivity contribution is -0.120. The van der Waals surface area contributed by atoms with Gasteiger partial charge in [0.2, 0.25) is 12.7 Å². The van der Waals surface area contributed by atoms with E-state index in [1.54, 1.807) is 4.57 Å². The standard InChI is InChI=1S/C21H21N5O4/c1-12-8-15(23-22-12)20(27)25-24-19-14-4-2-3-5-16(14)26(21(19)28)10-13-6-7-17-18(9-13)30-11-29-17/h2-7,9,12,15,22-23,28H,8,10-11H2,1H3. The molecule has 9 nitrogen and oxygen atoms in total. The van der Waals surface area contributed by atoms with Gasteiger partial charge >= 0.3 is 0 Å². The molecule has 1 amide bonds. The first-order valence-corrected chi connectivity index (χ1v) is 9.75. The molecule has 2 atom stereocenters. The van der Waals surface area contributed by atoms with Crippen LogP contribution < -0.4 is 20.3 Å². The van der Waals surface area contributed by atoms with Crippen LogP contribution in [0, 0.1) is 0 Å². The number of carbonyl (C=O) groups excluding carboxylic acids is 1. The number of nitrogens with zero attached hydrogens (tertiary/aromatic N) is 3. The number of hydrogen-bond acceptors (Lipinski definition) is 7. The van der Waals surface area contributed by atoms with Gasteiger partial charge in [0.25, 0.3) is 5.91 Å². The van der Waals surface area contributed by atoms with Gasteiger partial charge in [-0.2, -0.15) is 0 Å². The molecule has 0 bridgehead atoms. The monoisotopic (exact) mass is 407 g/mol. The smallest absolute Gasteiger partial charge is 0.282 e. The molecule has 3 N–H and O–H groups in total. The summed E-state index contributed by atoms with van der Waals surface area (Å²) in [6.07, 6.45) is 0.635. The van der Waals surface area contributed by atoms with Crippen LogP contribution in [0.4, 0.5) is 5.69 Å². The fourth-order valence-corrected chi connectivity index (χ4v) is 3.80. The van der Waals surface area contributed by atoms with Gasteiger partial charge in [0.1, 0.15) is 6.04 Å². The zero-order valence-corrected chi connectivity index (χ0v) is 16.3. The third-order valence-electron chi connectivity index (χ3n) is 5.33. The van der Waals surface area contributed by atoms with Gasteiger partial charge in [0, 0.05) is 11.4 Å². The molecule has 154 valence electrons. The molecule has 3 heterocycles. The number of fused-ring (bicyclic) bond motifs is 2. The Hall–Kier alpha value is -3.43. The number of hydrazine groups is 1. The first-order chi connectivity index (χ1) is 14.6. The summed E-state index contributed by atoms with van der Waals surface area (Å²) in [6.45, 7) is 2.59. The van der Waals surface area contributed by atoms with Gasteiger partial charge in [0.15, 0.2) is 17.2 Å². The van der Waals surface area contributed by atoms with Crippen molar-refractivity contribution in [2.75, 3.05) is 6.79 Å². The molecule has 30 heavy (non-hydrogen) atoms. The predicted octanol–water partition coefficient (Wildman–Crippen LogP) is 2.99. The normalized spacial score (nSPS) is 20.4. The highest BCUT2D eigenvalue weighted by Gasteiger charge is 2.27. The summed E-state index contributed by atoms with van der Waals surface area (Å²) in [4.78, 5) is 12.3. The fourth-order valence-electron chi connectivity index (χ4n) is 3.80. The average molecular weight is 407 g/mol. The second kappa shape index (κ2) is 7.43. The molecule has 2 aliphatic rings. The lowest BCUT2D eigenvalue weighted by Gasteiger charge is -2.08. The average Bonchev–Trinajstić information content (AvgIpc) is 3.45. The molecule has 1 fully saturated rings. The van der Waals surface area contributed by atoms with E-state index in [0.717, 1.165) is 16.5 Å². The summed E-state index contributed by atoms with van der Waals surface area (Å²) in [5.74, 6) is 0.966. The number of aromatic nitrogens is 1. The summed E-state index contributed by atoms with van der Waals surface area (Å²) in [5, 5.41) is 19.6. The Balaban J connectivity index is 1.47. The Morgan fingerprint density at radius 3 is 2.87 bits per heavy atom. The minimum absolute atomic E-state index is 0.0451. The summed E-state index contributed by atoms with van der Waals surface area (Å²) in [5.41, 5.74) is 7.91. The highest BCUT2D eigenvalue weighted by molar-refractivity contribution is 5.95. The molecule has 0 radical (unpaired) electrons. The number of para-hydroxylation sites is 1. The van der Waals surface area contributed by atoms with Crippen molar-refractivity contribution in [3.63, 3.8) is 0 Å². The summed E-state index contributed by atoms with van der Waals surface area (Å²) in [7, 11) is 0. The zero-order chi connectivity index (χ0) is 20.7. The molecule has 2 aromatic carbocycles. The summed E-state index contributed by atoms with van der Waals surface area (Å²) in [6, 6.07) is 12.9. The number of rotatable bonds is 4.